The molecule has 9 heteroatoms. The first-order valence-corrected chi connectivity index (χ1v) is 9.83. The van der Waals surface area contributed by atoms with Crippen molar-refractivity contribution in [2.75, 3.05) is 0 Å². The van der Waals surface area contributed by atoms with Gasteiger partial charge in [-0.25, -0.2) is 0 Å². The van der Waals surface area contributed by atoms with Crippen molar-refractivity contribution < 1.29 is 9.32 Å². The lowest BCUT2D eigenvalue weighted by atomic mass is 10.2. The highest BCUT2D eigenvalue weighted by Gasteiger charge is 2.17. The molecule has 4 rings (SSSR count). The fourth-order valence-corrected chi connectivity index (χ4v) is 3.21. The summed E-state index contributed by atoms with van der Waals surface area (Å²) >= 11 is 3.49. The largest absolute Gasteiger partial charge is 0.344 e. The lowest BCUT2D eigenvalue weighted by Gasteiger charge is -2.06. The molecular weight excluding hydrogens is 436 g/mol. The molecule has 8 nitrogen and oxygen atoms in total. The van der Waals surface area contributed by atoms with E-state index >= 15 is 0 Å². The predicted molar refractivity (Wildman–Crippen MR) is 110 cm³/mol. The molecule has 3 heterocycles. The van der Waals surface area contributed by atoms with Gasteiger partial charge in [0.2, 0.25) is 0 Å². The molecule has 0 saturated heterocycles. The summed E-state index contributed by atoms with van der Waals surface area (Å²) in [5, 5.41) is 11.1. The normalized spacial score (nSPS) is 11.0. The van der Waals surface area contributed by atoms with Gasteiger partial charge in [-0.2, -0.15) is 10.1 Å². The maximum absolute atomic E-state index is 12.3. The molecule has 148 valence electrons. The summed E-state index contributed by atoms with van der Waals surface area (Å²) in [4.78, 5) is 16.5. The number of aryl methyl sites for hydroxylation is 1. The molecule has 1 N–H and O–H groups in total. The zero-order chi connectivity index (χ0) is 20.4. The van der Waals surface area contributed by atoms with Crippen molar-refractivity contribution in [3.05, 3.63) is 81.9 Å². The fraction of sp³-hybridized carbons (Fsp3) is 0.200. The Morgan fingerprint density at radius 2 is 1.90 bits per heavy atom. The highest BCUT2D eigenvalue weighted by molar-refractivity contribution is 9.10. The van der Waals surface area contributed by atoms with Crippen molar-refractivity contribution in [1.82, 2.24) is 29.8 Å². The highest BCUT2D eigenvalue weighted by Crippen LogP contribution is 2.20. The van der Waals surface area contributed by atoms with E-state index < -0.39 is 5.91 Å². The molecule has 0 atom stereocenters. The Morgan fingerprint density at radius 1 is 1.17 bits per heavy atom. The van der Waals surface area contributed by atoms with E-state index in [-0.39, 0.29) is 5.89 Å². The quantitative estimate of drug-likeness (QED) is 0.481. The number of rotatable bonds is 6. The van der Waals surface area contributed by atoms with Crippen molar-refractivity contribution in [2.45, 2.75) is 26.9 Å². The van der Waals surface area contributed by atoms with Gasteiger partial charge in [0.1, 0.15) is 6.54 Å². The van der Waals surface area contributed by atoms with E-state index in [0.29, 0.717) is 18.9 Å². The van der Waals surface area contributed by atoms with Gasteiger partial charge in [0.05, 0.1) is 15.9 Å². The molecule has 3 aromatic heterocycles. The first-order chi connectivity index (χ1) is 14.0. The van der Waals surface area contributed by atoms with Gasteiger partial charge in [0.25, 0.3) is 0 Å². The third-order valence-electron chi connectivity index (χ3n) is 4.54. The molecular formula is C20H19BrN6O2. The number of hydrogen-bond donors (Lipinski definition) is 1. The van der Waals surface area contributed by atoms with E-state index in [1.54, 1.807) is 4.68 Å². The molecule has 1 amide bonds. The van der Waals surface area contributed by atoms with E-state index in [0.717, 1.165) is 27.1 Å². The molecule has 0 fully saturated rings. The molecule has 0 bridgehead atoms. The Labute approximate surface area is 175 Å². The summed E-state index contributed by atoms with van der Waals surface area (Å²) in [5.41, 5.74) is 3.87. The Balaban J connectivity index is 1.36. The van der Waals surface area contributed by atoms with Crippen LogP contribution in [0, 0.1) is 13.8 Å². The Kier molecular flexibility index (Phi) is 5.30. The zero-order valence-electron chi connectivity index (χ0n) is 16.0. The minimum Gasteiger partial charge on any atom is -0.344 e. The number of carbonyl (C=O) groups is 1. The van der Waals surface area contributed by atoms with Gasteiger partial charge in [-0.15, -0.1) is 0 Å². The summed E-state index contributed by atoms with van der Waals surface area (Å²) in [6, 6.07) is 11.9. The number of carbonyl (C=O) groups excluding carboxylic acids is 1. The van der Waals surface area contributed by atoms with Gasteiger partial charge in [0, 0.05) is 24.6 Å². The molecule has 0 aliphatic rings. The molecule has 0 spiro atoms. The van der Waals surface area contributed by atoms with E-state index in [1.165, 1.54) is 0 Å². The standard InChI is InChI=1S/C20H19BrN6O2/c1-13-18(21)14(2)27(24-13)12-17-23-20(29-25-17)19(28)22-11-15-5-7-16(8-6-15)26-9-3-4-10-26/h3-10H,11-12H2,1-2H3,(H,22,28). The molecule has 4 aromatic rings. The summed E-state index contributed by atoms with van der Waals surface area (Å²) in [5.74, 6) is -0.0818. The average molecular weight is 455 g/mol. The van der Waals surface area contributed by atoms with Gasteiger partial charge in [-0.3, -0.25) is 9.48 Å². The fourth-order valence-electron chi connectivity index (χ4n) is 2.92. The van der Waals surface area contributed by atoms with Gasteiger partial charge >= 0.3 is 11.8 Å². The van der Waals surface area contributed by atoms with Crippen LogP contribution in [0.3, 0.4) is 0 Å². The second-order valence-corrected chi connectivity index (χ2v) is 7.39. The molecule has 0 aliphatic heterocycles. The lowest BCUT2D eigenvalue weighted by Crippen LogP contribution is -2.23. The van der Waals surface area contributed by atoms with Gasteiger partial charge < -0.3 is 14.4 Å². The minimum absolute atomic E-state index is 0.0652. The highest BCUT2D eigenvalue weighted by atomic mass is 79.9. The van der Waals surface area contributed by atoms with Crippen LogP contribution in [0.15, 0.2) is 57.8 Å². The Hall–Kier alpha value is -3.20. The molecule has 1 aromatic carbocycles. The predicted octanol–water partition coefficient (Wildman–Crippen LogP) is 3.41. The minimum atomic E-state index is -0.409. The molecule has 29 heavy (non-hydrogen) atoms. The maximum Gasteiger partial charge on any atom is 0.316 e. The topological polar surface area (TPSA) is 90.8 Å². The van der Waals surface area contributed by atoms with Crippen LogP contribution in [0.25, 0.3) is 5.69 Å². The summed E-state index contributed by atoms with van der Waals surface area (Å²) in [6.07, 6.45) is 3.96. The first kappa shape index (κ1) is 19.1. The van der Waals surface area contributed by atoms with Crippen LogP contribution in [-0.2, 0) is 13.1 Å². The van der Waals surface area contributed by atoms with E-state index in [4.69, 9.17) is 4.52 Å². The third kappa shape index (κ3) is 4.14. The SMILES string of the molecule is Cc1nn(Cc2noc(C(=O)NCc3ccc(-n4cccc4)cc3)n2)c(C)c1Br. The number of hydrogen-bond acceptors (Lipinski definition) is 5. The van der Waals surface area contributed by atoms with Crippen molar-refractivity contribution >= 4 is 21.8 Å². The number of nitrogens with one attached hydrogen (secondary N) is 1. The van der Waals surface area contributed by atoms with E-state index in [2.05, 4.69) is 36.5 Å². The third-order valence-corrected chi connectivity index (χ3v) is 5.69. The summed E-state index contributed by atoms with van der Waals surface area (Å²) in [6.45, 7) is 4.55. The van der Waals surface area contributed by atoms with Crippen molar-refractivity contribution in [3.63, 3.8) is 0 Å². The number of nitrogens with zero attached hydrogens (tertiary/aromatic N) is 5. The molecule has 0 unspecified atom stereocenters. The lowest BCUT2D eigenvalue weighted by molar-refractivity contribution is 0.0907. The monoisotopic (exact) mass is 454 g/mol. The first-order valence-electron chi connectivity index (χ1n) is 9.04. The van der Waals surface area contributed by atoms with Gasteiger partial charge in [0.15, 0.2) is 5.82 Å². The van der Waals surface area contributed by atoms with Crippen molar-refractivity contribution in [3.8, 4) is 5.69 Å². The van der Waals surface area contributed by atoms with Crippen molar-refractivity contribution in [1.29, 1.82) is 0 Å². The van der Waals surface area contributed by atoms with Crippen LogP contribution in [0.5, 0.6) is 0 Å². The average Bonchev–Trinajstić information content (AvgIpc) is 3.47. The van der Waals surface area contributed by atoms with Crippen LogP contribution >= 0.6 is 15.9 Å². The van der Waals surface area contributed by atoms with E-state index in [9.17, 15) is 4.79 Å². The number of halogens is 1. The summed E-state index contributed by atoms with van der Waals surface area (Å²) in [7, 11) is 0. The number of aromatic nitrogens is 5. The Morgan fingerprint density at radius 3 is 2.55 bits per heavy atom. The second kappa shape index (κ2) is 8.04. The smallest absolute Gasteiger partial charge is 0.316 e. The van der Waals surface area contributed by atoms with Crippen LogP contribution in [-0.4, -0.2) is 30.4 Å². The van der Waals surface area contributed by atoms with Crippen LogP contribution in [0.2, 0.25) is 0 Å². The molecule has 0 radical (unpaired) electrons. The van der Waals surface area contributed by atoms with Crippen molar-refractivity contribution in [2.24, 2.45) is 0 Å². The summed E-state index contributed by atoms with van der Waals surface area (Å²) < 4.78 is 9.83. The molecule has 0 saturated carbocycles. The number of amides is 1. The second-order valence-electron chi connectivity index (χ2n) is 6.60. The van der Waals surface area contributed by atoms with Gasteiger partial charge in [-0.1, -0.05) is 17.3 Å². The van der Waals surface area contributed by atoms with E-state index in [1.807, 2.05) is 67.2 Å². The van der Waals surface area contributed by atoms with Gasteiger partial charge in [-0.05, 0) is 59.6 Å². The number of benzene rings is 1. The molecule has 0 aliphatic carbocycles. The van der Waals surface area contributed by atoms with Crippen LogP contribution < -0.4 is 5.32 Å². The zero-order valence-corrected chi connectivity index (χ0v) is 17.5. The Bertz CT molecular complexity index is 1130. The van der Waals surface area contributed by atoms with Crippen LogP contribution in [0.4, 0.5) is 0 Å². The van der Waals surface area contributed by atoms with Crippen LogP contribution in [0.1, 0.15) is 33.5 Å². The maximum atomic E-state index is 12.3.